The molecular weight excluding hydrogens is 489 g/mol. The molecule has 1 aromatic heterocycles. The Hall–Kier alpha value is -4.56. The van der Waals surface area contributed by atoms with Crippen molar-refractivity contribution >= 4 is 38.2 Å². The second-order valence-electron chi connectivity index (χ2n) is 8.53. The van der Waals surface area contributed by atoms with Crippen LogP contribution in [0.2, 0.25) is 0 Å². The molecule has 8 heteroatoms. The summed E-state index contributed by atoms with van der Waals surface area (Å²) in [5.41, 5.74) is 4.10. The second-order valence-corrected chi connectivity index (χ2v) is 10.2. The number of hydrogen-bond acceptors (Lipinski definition) is 4. The molecule has 0 fully saturated rings. The number of carbonyl (C=O) groups excluding carboxylic acids is 1. The molecule has 2 N–H and O–H groups in total. The van der Waals surface area contributed by atoms with Gasteiger partial charge in [-0.1, -0.05) is 35.9 Å². The molecule has 5 aromatic rings. The van der Waals surface area contributed by atoms with Gasteiger partial charge >= 0.3 is 0 Å². The maximum Gasteiger partial charge on any atom is 0.261 e. The lowest BCUT2D eigenvalue weighted by Gasteiger charge is -2.12. The number of fused-ring (bicyclic) bond motifs is 1. The Labute approximate surface area is 213 Å². The summed E-state index contributed by atoms with van der Waals surface area (Å²) in [5, 5.41) is 3.54. The molecule has 0 saturated carbocycles. The normalized spacial score (nSPS) is 11.3. The highest BCUT2D eigenvalue weighted by atomic mass is 32.2. The van der Waals surface area contributed by atoms with Crippen LogP contribution in [0.25, 0.3) is 22.2 Å². The summed E-state index contributed by atoms with van der Waals surface area (Å²) >= 11 is 0. The molecule has 1 heterocycles. The van der Waals surface area contributed by atoms with Crippen molar-refractivity contribution in [2.45, 2.75) is 11.8 Å². The van der Waals surface area contributed by atoms with Crippen LogP contribution in [-0.4, -0.2) is 19.3 Å². The number of rotatable bonds is 6. The first kappa shape index (κ1) is 24.1. The molecular formula is C29H22FN3O3S. The molecule has 0 bridgehead atoms. The molecule has 0 aliphatic rings. The summed E-state index contributed by atoms with van der Waals surface area (Å²) in [6, 6.07) is 27.9. The number of aryl methyl sites for hydroxylation is 1. The van der Waals surface area contributed by atoms with E-state index in [1.165, 1.54) is 12.1 Å². The average molecular weight is 512 g/mol. The van der Waals surface area contributed by atoms with Crippen molar-refractivity contribution in [1.82, 2.24) is 4.98 Å². The third-order valence-electron chi connectivity index (χ3n) is 5.83. The van der Waals surface area contributed by atoms with Crippen molar-refractivity contribution in [3.8, 4) is 11.3 Å². The SMILES string of the molecule is Cc1ccc(S(=O)(=O)Nc2ccc(NC(=O)c3cc(-c4ccc(F)cc4)nc4ccccc34)cc2)cc1. The number of hydrogen-bond donors (Lipinski definition) is 2. The van der Waals surface area contributed by atoms with Crippen LogP contribution in [0, 0.1) is 12.7 Å². The minimum Gasteiger partial charge on any atom is -0.322 e. The Kier molecular flexibility index (Phi) is 6.42. The molecule has 0 aliphatic heterocycles. The molecule has 0 unspecified atom stereocenters. The van der Waals surface area contributed by atoms with Gasteiger partial charge in [0.1, 0.15) is 5.82 Å². The van der Waals surface area contributed by atoms with Crippen LogP contribution in [0.1, 0.15) is 15.9 Å². The van der Waals surface area contributed by atoms with Gasteiger partial charge in [-0.15, -0.1) is 0 Å². The van der Waals surface area contributed by atoms with E-state index in [4.69, 9.17) is 0 Å². The quantitative estimate of drug-likeness (QED) is 0.276. The van der Waals surface area contributed by atoms with Crippen molar-refractivity contribution in [3.63, 3.8) is 0 Å². The summed E-state index contributed by atoms with van der Waals surface area (Å²) in [4.78, 5) is 18.1. The zero-order valence-electron chi connectivity index (χ0n) is 19.8. The van der Waals surface area contributed by atoms with Crippen LogP contribution in [0.5, 0.6) is 0 Å². The van der Waals surface area contributed by atoms with E-state index in [2.05, 4.69) is 15.0 Å². The van der Waals surface area contributed by atoms with Crippen LogP contribution in [0.4, 0.5) is 15.8 Å². The smallest absolute Gasteiger partial charge is 0.261 e. The maximum absolute atomic E-state index is 13.4. The zero-order chi connectivity index (χ0) is 26.0. The number of benzene rings is 4. The van der Waals surface area contributed by atoms with Crippen molar-refractivity contribution in [1.29, 1.82) is 0 Å². The highest BCUT2D eigenvalue weighted by Crippen LogP contribution is 2.26. The summed E-state index contributed by atoms with van der Waals surface area (Å²) in [6.07, 6.45) is 0. The van der Waals surface area contributed by atoms with Gasteiger partial charge in [-0.3, -0.25) is 9.52 Å². The molecule has 0 aliphatic carbocycles. The minimum atomic E-state index is -3.73. The molecule has 184 valence electrons. The number of pyridine rings is 1. The summed E-state index contributed by atoms with van der Waals surface area (Å²) in [5.74, 6) is -0.706. The van der Waals surface area contributed by atoms with Gasteiger partial charge < -0.3 is 5.32 Å². The lowest BCUT2D eigenvalue weighted by molar-refractivity contribution is 0.102. The summed E-state index contributed by atoms with van der Waals surface area (Å²) < 4.78 is 41.2. The number of nitrogens with zero attached hydrogens (tertiary/aromatic N) is 1. The van der Waals surface area contributed by atoms with Crippen LogP contribution in [0.15, 0.2) is 108 Å². The van der Waals surface area contributed by atoms with Gasteiger partial charge in [-0.2, -0.15) is 0 Å². The lowest BCUT2D eigenvalue weighted by atomic mass is 10.0. The Bertz CT molecular complexity index is 1700. The Balaban J connectivity index is 1.39. The van der Waals surface area contributed by atoms with E-state index in [0.717, 1.165) is 5.56 Å². The molecule has 0 radical (unpaired) electrons. The minimum absolute atomic E-state index is 0.164. The fraction of sp³-hybridized carbons (Fsp3) is 0.0345. The third kappa shape index (κ3) is 5.34. The monoisotopic (exact) mass is 511 g/mol. The lowest BCUT2D eigenvalue weighted by Crippen LogP contribution is -2.14. The number of nitrogens with one attached hydrogen (secondary N) is 2. The average Bonchev–Trinajstić information content (AvgIpc) is 2.89. The Morgan fingerprint density at radius 1 is 0.811 bits per heavy atom. The number of carbonyl (C=O) groups is 1. The molecule has 0 atom stereocenters. The van der Waals surface area contributed by atoms with E-state index in [1.54, 1.807) is 66.7 Å². The molecule has 4 aromatic carbocycles. The van der Waals surface area contributed by atoms with Crippen molar-refractivity contribution in [2.75, 3.05) is 10.0 Å². The molecule has 0 spiro atoms. The number of aromatic nitrogens is 1. The molecule has 5 rings (SSSR count). The van der Waals surface area contributed by atoms with Gasteiger partial charge in [-0.05, 0) is 79.7 Å². The fourth-order valence-corrected chi connectivity index (χ4v) is 4.94. The Morgan fingerprint density at radius 2 is 1.46 bits per heavy atom. The zero-order valence-corrected chi connectivity index (χ0v) is 20.6. The Morgan fingerprint density at radius 3 is 2.16 bits per heavy atom. The van der Waals surface area contributed by atoms with Crippen molar-refractivity contribution in [3.05, 3.63) is 120 Å². The highest BCUT2D eigenvalue weighted by molar-refractivity contribution is 7.92. The summed E-state index contributed by atoms with van der Waals surface area (Å²) in [7, 11) is -3.73. The van der Waals surface area contributed by atoms with Crippen LogP contribution in [0.3, 0.4) is 0 Å². The number of halogens is 1. The van der Waals surface area contributed by atoms with E-state index in [0.29, 0.717) is 39.1 Å². The predicted octanol–water partition coefficient (Wildman–Crippen LogP) is 6.40. The van der Waals surface area contributed by atoms with Gasteiger partial charge in [-0.25, -0.2) is 17.8 Å². The van der Waals surface area contributed by atoms with Gasteiger partial charge in [0.25, 0.3) is 15.9 Å². The number of para-hydroxylation sites is 1. The van der Waals surface area contributed by atoms with E-state index in [-0.39, 0.29) is 16.6 Å². The molecule has 0 saturated heterocycles. The van der Waals surface area contributed by atoms with Gasteiger partial charge in [0.2, 0.25) is 0 Å². The van der Waals surface area contributed by atoms with Crippen LogP contribution < -0.4 is 10.0 Å². The van der Waals surface area contributed by atoms with E-state index in [9.17, 15) is 17.6 Å². The molecule has 37 heavy (non-hydrogen) atoms. The van der Waals surface area contributed by atoms with E-state index >= 15 is 0 Å². The van der Waals surface area contributed by atoms with E-state index in [1.807, 2.05) is 31.2 Å². The molecule has 1 amide bonds. The summed E-state index contributed by atoms with van der Waals surface area (Å²) in [6.45, 7) is 1.88. The third-order valence-corrected chi connectivity index (χ3v) is 7.22. The van der Waals surface area contributed by atoms with Crippen molar-refractivity contribution < 1.29 is 17.6 Å². The van der Waals surface area contributed by atoms with Gasteiger partial charge in [0.15, 0.2) is 0 Å². The second kappa shape index (κ2) is 9.83. The fourth-order valence-electron chi connectivity index (χ4n) is 3.88. The first-order valence-electron chi connectivity index (χ1n) is 11.5. The van der Waals surface area contributed by atoms with Crippen molar-refractivity contribution in [2.24, 2.45) is 0 Å². The van der Waals surface area contributed by atoms with Crippen LogP contribution in [-0.2, 0) is 10.0 Å². The largest absolute Gasteiger partial charge is 0.322 e. The van der Waals surface area contributed by atoms with E-state index < -0.39 is 10.0 Å². The van der Waals surface area contributed by atoms with Crippen LogP contribution >= 0.6 is 0 Å². The van der Waals surface area contributed by atoms with Gasteiger partial charge in [0, 0.05) is 22.3 Å². The molecule has 6 nitrogen and oxygen atoms in total. The highest BCUT2D eigenvalue weighted by Gasteiger charge is 2.16. The number of amides is 1. The number of anilines is 2. The predicted molar refractivity (Wildman–Crippen MR) is 144 cm³/mol. The standard InChI is InChI=1S/C29H22FN3O3S/c1-19-6-16-24(17-7-19)37(35,36)33-23-14-12-22(13-15-23)31-29(34)26-18-28(20-8-10-21(30)11-9-20)32-27-5-3-2-4-25(26)27/h2-18,33H,1H3,(H,31,34). The first-order chi connectivity index (χ1) is 17.8. The maximum atomic E-state index is 13.4. The van der Waals surface area contributed by atoms with Gasteiger partial charge in [0.05, 0.1) is 21.7 Å². The first-order valence-corrected chi connectivity index (χ1v) is 12.9. The topological polar surface area (TPSA) is 88.2 Å². The number of sulfonamides is 1.